The number of nitrogens with two attached hydrogens (primary N) is 1. The number of carbonyl (C=O) groups is 1. The Morgan fingerprint density at radius 2 is 1.80 bits per heavy atom. The Morgan fingerprint density at radius 1 is 1.15 bits per heavy atom. The highest BCUT2D eigenvalue weighted by Crippen LogP contribution is 2.36. The van der Waals surface area contributed by atoms with E-state index in [1.54, 1.807) is 6.07 Å². The molecular formula is C13H9Cl3N2O2. The number of nitrogens with zero attached hydrogens (tertiary/aromatic N) is 1. The van der Waals surface area contributed by atoms with Gasteiger partial charge in [0.2, 0.25) is 0 Å². The van der Waals surface area contributed by atoms with E-state index in [2.05, 4.69) is 9.72 Å². The summed E-state index contributed by atoms with van der Waals surface area (Å²) in [4.78, 5) is 15.5. The summed E-state index contributed by atoms with van der Waals surface area (Å²) in [5, 5.41) is 1.04. The maximum Gasteiger partial charge on any atom is 0.339 e. The number of benzene rings is 1. The average molecular weight is 332 g/mol. The molecule has 104 valence electrons. The Bertz CT molecular complexity index is 690. The van der Waals surface area contributed by atoms with Crippen molar-refractivity contribution in [2.75, 3.05) is 12.8 Å². The maximum atomic E-state index is 11.4. The number of rotatable bonds is 2. The van der Waals surface area contributed by atoms with Gasteiger partial charge in [-0.3, -0.25) is 4.98 Å². The normalized spacial score (nSPS) is 10.4. The van der Waals surface area contributed by atoms with E-state index in [1.165, 1.54) is 25.4 Å². The van der Waals surface area contributed by atoms with Gasteiger partial charge in [0.25, 0.3) is 0 Å². The number of hydrogen-bond donors (Lipinski definition) is 1. The van der Waals surface area contributed by atoms with Gasteiger partial charge in [-0.25, -0.2) is 4.79 Å². The lowest BCUT2D eigenvalue weighted by Gasteiger charge is -2.09. The molecule has 20 heavy (non-hydrogen) atoms. The van der Waals surface area contributed by atoms with E-state index in [0.29, 0.717) is 26.3 Å². The molecule has 2 rings (SSSR count). The summed E-state index contributed by atoms with van der Waals surface area (Å²) in [6.45, 7) is 0. The van der Waals surface area contributed by atoms with Crippen LogP contribution in [0.3, 0.4) is 0 Å². The topological polar surface area (TPSA) is 65.2 Å². The molecule has 7 heteroatoms. The molecular weight excluding hydrogens is 323 g/mol. The molecule has 2 N–H and O–H groups in total. The summed E-state index contributed by atoms with van der Waals surface area (Å²) in [5.74, 6) is -0.518. The fourth-order valence-electron chi connectivity index (χ4n) is 1.64. The molecule has 4 nitrogen and oxygen atoms in total. The van der Waals surface area contributed by atoms with Crippen LogP contribution in [-0.2, 0) is 4.74 Å². The molecule has 2 aromatic rings. The van der Waals surface area contributed by atoms with Gasteiger partial charge in [-0.2, -0.15) is 0 Å². The van der Waals surface area contributed by atoms with Gasteiger partial charge >= 0.3 is 5.97 Å². The Labute approximate surface area is 130 Å². The quantitative estimate of drug-likeness (QED) is 0.665. The van der Waals surface area contributed by atoms with Crippen LogP contribution >= 0.6 is 34.8 Å². The Kier molecular flexibility index (Phi) is 4.38. The fourth-order valence-corrected chi connectivity index (χ4v) is 2.28. The highest BCUT2D eigenvalue weighted by atomic mass is 35.5. The average Bonchev–Trinajstić information content (AvgIpc) is 2.42. The first kappa shape index (κ1) is 14.9. The highest BCUT2D eigenvalue weighted by molar-refractivity contribution is 6.44. The van der Waals surface area contributed by atoms with Crippen molar-refractivity contribution in [2.45, 2.75) is 0 Å². The van der Waals surface area contributed by atoms with Crippen LogP contribution in [0, 0.1) is 0 Å². The summed E-state index contributed by atoms with van der Waals surface area (Å²) in [7, 11) is 1.28. The monoisotopic (exact) mass is 330 g/mol. The molecule has 0 spiro atoms. The second kappa shape index (κ2) is 5.87. The lowest BCUT2D eigenvalue weighted by molar-refractivity contribution is 0.0600. The third-order valence-corrected chi connectivity index (χ3v) is 3.64. The van der Waals surface area contributed by atoms with Crippen LogP contribution in [0.4, 0.5) is 5.69 Å². The molecule has 0 aliphatic heterocycles. The first-order valence-electron chi connectivity index (χ1n) is 5.42. The second-order valence-corrected chi connectivity index (χ2v) is 5.12. The number of pyridine rings is 1. The third-order valence-electron chi connectivity index (χ3n) is 2.60. The van der Waals surface area contributed by atoms with E-state index in [-0.39, 0.29) is 11.3 Å². The number of carbonyl (C=O) groups excluding carboxylic acids is 1. The number of aromatic nitrogens is 1. The largest absolute Gasteiger partial charge is 0.465 e. The van der Waals surface area contributed by atoms with E-state index >= 15 is 0 Å². The second-order valence-electron chi connectivity index (χ2n) is 3.90. The van der Waals surface area contributed by atoms with Gasteiger partial charge in [0.05, 0.1) is 39.1 Å². The van der Waals surface area contributed by atoms with Crippen molar-refractivity contribution < 1.29 is 9.53 Å². The lowest BCUT2D eigenvalue weighted by Crippen LogP contribution is -2.04. The number of anilines is 1. The maximum absolute atomic E-state index is 11.4. The van der Waals surface area contributed by atoms with Crippen molar-refractivity contribution in [3.05, 3.63) is 45.0 Å². The van der Waals surface area contributed by atoms with Gasteiger partial charge in [0, 0.05) is 11.8 Å². The Balaban J connectivity index is 2.54. The summed E-state index contributed by atoms with van der Waals surface area (Å²) in [6, 6.07) is 4.55. The smallest absolute Gasteiger partial charge is 0.339 e. The van der Waals surface area contributed by atoms with E-state index in [1.807, 2.05) is 0 Å². The SMILES string of the molecule is COC(=O)c1cnc(-c2cc(Cl)c(Cl)cc2Cl)c(N)c1. The van der Waals surface area contributed by atoms with Crippen LogP contribution in [0.5, 0.6) is 0 Å². The molecule has 0 bridgehead atoms. The number of methoxy groups -OCH3 is 1. The summed E-state index contributed by atoms with van der Waals surface area (Å²) in [6.07, 6.45) is 1.36. The predicted molar refractivity (Wildman–Crippen MR) is 80.5 cm³/mol. The van der Waals surface area contributed by atoms with E-state index in [4.69, 9.17) is 40.5 Å². The number of hydrogen-bond acceptors (Lipinski definition) is 4. The molecule has 1 aromatic heterocycles. The van der Waals surface area contributed by atoms with Crippen molar-refractivity contribution in [2.24, 2.45) is 0 Å². The van der Waals surface area contributed by atoms with Crippen LogP contribution in [-0.4, -0.2) is 18.1 Å². The molecule has 0 amide bonds. The Morgan fingerprint density at radius 3 is 2.40 bits per heavy atom. The molecule has 0 aliphatic carbocycles. The Hall–Kier alpha value is -1.49. The van der Waals surface area contributed by atoms with Gasteiger partial charge in [0.15, 0.2) is 0 Å². The zero-order valence-corrected chi connectivity index (χ0v) is 12.6. The predicted octanol–water partition coefficient (Wildman–Crippen LogP) is 4.08. The zero-order valence-electron chi connectivity index (χ0n) is 10.3. The third kappa shape index (κ3) is 2.82. The molecule has 0 atom stereocenters. The zero-order chi connectivity index (χ0) is 14.9. The molecule has 0 radical (unpaired) electrons. The number of halogens is 3. The van der Waals surface area contributed by atoms with E-state index in [0.717, 1.165) is 0 Å². The minimum Gasteiger partial charge on any atom is -0.465 e. The van der Waals surface area contributed by atoms with Gasteiger partial charge < -0.3 is 10.5 Å². The number of nitrogen functional groups attached to an aromatic ring is 1. The molecule has 1 heterocycles. The number of esters is 1. The van der Waals surface area contributed by atoms with Crippen molar-refractivity contribution in [3.63, 3.8) is 0 Å². The first-order valence-corrected chi connectivity index (χ1v) is 6.56. The van der Waals surface area contributed by atoms with Crippen LogP contribution < -0.4 is 5.73 Å². The molecule has 0 saturated heterocycles. The summed E-state index contributed by atoms with van der Waals surface area (Å²) >= 11 is 17.9. The molecule has 0 unspecified atom stereocenters. The minimum absolute atomic E-state index is 0.255. The van der Waals surface area contributed by atoms with Crippen LogP contribution in [0.15, 0.2) is 24.4 Å². The van der Waals surface area contributed by atoms with Gasteiger partial charge in [-0.15, -0.1) is 0 Å². The van der Waals surface area contributed by atoms with Gasteiger partial charge in [0.1, 0.15) is 0 Å². The van der Waals surface area contributed by atoms with Crippen molar-refractivity contribution in [1.29, 1.82) is 0 Å². The minimum atomic E-state index is -0.518. The van der Waals surface area contributed by atoms with E-state index in [9.17, 15) is 4.79 Å². The lowest BCUT2D eigenvalue weighted by atomic mass is 10.1. The van der Waals surface area contributed by atoms with Crippen LogP contribution in [0.1, 0.15) is 10.4 Å². The van der Waals surface area contributed by atoms with Crippen molar-refractivity contribution in [3.8, 4) is 11.3 Å². The van der Waals surface area contributed by atoms with Crippen molar-refractivity contribution >= 4 is 46.5 Å². The van der Waals surface area contributed by atoms with E-state index < -0.39 is 5.97 Å². The van der Waals surface area contributed by atoms with Crippen LogP contribution in [0.25, 0.3) is 11.3 Å². The van der Waals surface area contributed by atoms with Gasteiger partial charge in [-0.05, 0) is 18.2 Å². The summed E-state index contributed by atoms with van der Waals surface area (Å²) in [5.41, 5.74) is 7.39. The van der Waals surface area contributed by atoms with Crippen LogP contribution in [0.2, 0.25) is 15.1 Å². The highest BCUT2D eigenvalue weighted by Gasteiger charge is 2.14. The number of ether oxygens (including phenoxy) is 1. The van der Waals surface area contributed by atoms with Gasteiger partial charge in [-0.1, -0.05) is 34.8 Å². The first-order chi connectivity index (χ1) is 9.43. The standard InChI is InChI=1S/C13H9Cl3N2O2/c1-20-13(19)6-2-11(17)12(18-5-6)7-3-9(15)10(16)4-8(7)14/h2-5H,17H2,1H3. The molecule has 0 saturated carbocycles. The molecule has 1 aromatic carbocycles. The van der Waals surface area contributed by atoms with Crippen molar-refractivity contribution in [1.82, 2.24) is 4.98 Å². The summed E-state index contributed by atoms with van der Waals surface area (Å²) < 4.78 is 4.60. The molecule has 0 fully saturated rings. The fraction of sp³-hybridized carbons (Fsp3) is 0.0769. The molecule has 0 aliphatic rings.